The number of hydrogen-bond acceptors (Lipinski definition) is 4. The van der Waals surface area contributed by atoms with E-state index in [4.69, 9.17) is 11.6 Å². The Bertz CT molecular complexity index is 597. The molecule has 7 nitrogen and oxygen atoms in total. The third kappa shape index (κ3) is 2.46. The van der Waals surface area contributed by atoms with Crippen molar-refractivity contribution >= 4 is 29.0 Å². The van der Waals surface area contributed by atoms with Gasteiger partial charge in [0.05, 0.1) is 11.1 Å². The molecule has 1 aromatic heterocycles. The molecule has 2 aromatic rings. The van der Waals surface area contributed by atoms with Gasteiger partial charge in [-0.2, -0.15) is 5.10 Å². The van der Waals surface area contributed by atoms with Gasteiger partial charge in [-0.3, -0.25) is 20.0 Å². The number of benzene rings is 1. The van der Waals surface area contributed by atoms with Gasteiger partial charge >= 0.3 is 0 Å². The van der Waals surface area contributed by atoms with E-state index in [9.17, 15) is 14.9 Å². The number of halogens is 1. The lowest BCUT2D eigenvalue weighted by atomic mass is 10.2. The Balaban J connectivity index is 2.21. The fourth-order valence-corrected chi connectivity index (χ4v) is 1.57. The summed E-state index contributed by atoms with van der Waals surface area (Å²) >= 11 is 5.71. The van der Waals surface area contributed by atoms with Gasteiger partial charge in [0.15, 0.2) is 0 Å². The SMILES string of the molecule is O=C(Nc1ccn[nH]1)c1ccc([N+](=O)[O-])c(Cl)c1. The molecular weight excluding hydrogens is 260 g/mol. The first-order valence-electron chi connectivity index (χ1n) is 4.82. The number of nitro groups is 1. The fourth-order valence-electron chi connectivity index (χ4n) is 1.32. The summed E-state index contributed by atoms with van der Waals surface area (Å²) in [6.07, 6.45) is 1.48. The number of rotatable bonds is 3. The highest BCUT2D eigenvalue weighted by Gasteiger charge is 2.15. The second-order valence-corrected chi connectivity index (χ2v) is 3.75. The van der Waals surface area contributed by atoms with Crippen molar-refractivity contribution in [1.29, 1.82) is 0 Å². The zero-order valence-electron chi connectivity index (χ0n) is 8.88. The first-order chi connectivity index (χ1) is 8.58. The van der Waals surface area contributed by atoms with Crippen molar-refractivity contribution in [1.82, 2.24) is 10.2 Å². The average Bonchev–Trinajstić information content (AvgIpc) is 2.81. The fraction of sp³-hybridized carbons (Fsp3) is 0. The van der Waals surface area contributed by atoms with Gasteiger partial charge in [0.25, 0.3) is 11.6 Å². The topological polar surface area (TPSA) is 101 Å². The van der Waals surface area contributed by atoms with E-state index in [0.29, 0.717) is 5.82 Å². The number of aromatic amines is 1. The number of amides is 1. The quantitative estimate of drug-likeness (QED) is 0.657. The van der Waals surface area contributed by atoms with Crippen LogP contribution in [0.2, 0.25) is 5.02 Å². The van der Waals surface area contributed by atoms with Crippen LogP contribution in [0, 0.1) is 10.1 Å². The van der Waals surface area contributed by atoms with E-state index in [-0.39, 0.29) is 16.3 Å². The van der Waals surface area contributed by atoms with Crippen molar-refractivity contribution in [3.63, 3.8) is 0 Å². The Morgan fingerprint density at radius 3 is 2.78 bits per heavy atom. The molecule has 0 radical (unpaired) electrons. The summed E-state index contributed by atoms with van der Waals surface area (Å²) < 4.78 is 0. The Hall–Kier alpha value is -2.41. The summed E-state index contributed by atoms with van der Waals surface area (Å²) in [5.74, 6) is -0.00877. The van der Waals surface area contributed by atoms with Crippen molar-refractivity contribution in [2.24, 2.45) is 0 Å². The highest BCUT2D eigenvalue weighted by Crippen LogP contribution is 2.25. The summed E-state index contributed by atoms with van der Waals surface area (Å²) in [7, 11) is 0. The van der Waals surface area contributed by atoms with Crippen LogP contribution in [0.1, 0.15) is 10.4 Å². The number of anilines is 1. The maximum atomic E-state index is 11.8. The van der Waals surface area contributed by atoms with Gasteiger partial charge in [-0.05, 0) is 12.1 Å². The predicted molar refractivity (Wildman–Crippen MR) is 64.6 cm³/mol. The molecule has 0 fully saturated rings. The normalized spacial score (nSPS) is 10.1. The van der Waals surface area contributed by atoms with Crippen LogP contribution in [0.4, 0.5) is 11.5 Å². The molecule has 0 spiro atoms. The lowest BCUT2D eigenvalue weighted by Crippen LogP contribution is -2.12. The highest BCUT2D eigenvalue weighted by atomic mass is 35.5. The molecule has 92 valence electrons. The number of carbonyl (C=O) groups is 1. The van der Waals surface area contributed by atoms with Gasteiger partial charge in [-0.15, -0.1) is 0 Å². The number of nitrogens with zero attached hydrogens (tertiary/aromatic N) is 2. The van der Waals surface area contributed by atoms with Crippen molar-refractivity contribution in [3.8, 4) is 0 Å². The van der Waals surface area contributed by atoms with E-state index in [1.165, 1.54) is 24.4 Å². The monoisotopic (exact) mass is 266 g/mol. The van der Waals surface area contributed by atoms with E-state index < -0.39 is 10.8 Å². The maximum Gasteiger partial charge on any atom is 0.287 e. The molecule has 0 aliphatic heterocycles. The minimum Gasteiger partial charge on any atom is -0.307 e. The Labute approximate surface area is 106 Å². The number of aromatic nitrogens is 2. The molecule has 18 heavy (non-hydrogen) atoms. The van der Waals surface area contributed by atoms with Gasteiger partial charge in [0.1, 0.15) is 10.8 Å². The largest absolute Gasteiger partial charge is 0.307 e. The first kappa shape index (κ1) is 12.1. The Morgan fingerprint density at radius 2 is 2.22 bits per heavy atom. The van der Waals surface area contributed by atoms with Crippen LogP contribution in [0.25, 0.3) is 0 Å². The van der Waals surface area contributed by atoms with Crippen LogP contribution < -0.4 is 5.32 Å². The van der Waals surface area contributed by atoms with Gasteiger partial charge in [0.2, 0.25) is 0 Å². The maximum absolute atomic E-state index is 11.8. The molecule has 0 atom stereocenters. The molecule has 0 aliphatic carbocycles. The van der Waals surface area contributed by atoms with Gasteiger partial charge in [0, 0.05) is 17.7 Å². The lowest BCUT2D eigenvalue weighted by molar-refractivity contribution is -0.384. The summed E-state index contributed by atoms with van der Waals surface area (Å²) in [5, 5.41) is 19.2. The third-order valence-electron chi connectivity index (χ3n) is 2.16. The zero-order chi connectivity index (χ0) is 13.1. The average molecular weight is 267 g/mol. The molecule has 0 saturated heterocycles. The van der Waals surface area contributed by atoms with E-state index >= 15 is 0 Å². The number of carbonyl (C=O) groups excluding carboxylic acids is 1. The van der Waals surface area contributed by atoms with Crippen LogP contribution in [0.15, 0.2) is 30.5 Å². The summed E-state index contributed by atoms with van der Waals surface area (Å²) in [6, 6.07) is 5.33. The van der Waals surface area contributed by atoms with Gasteiger partial charge in [-0.1, -0.05) is 11.6 Å². The molecule has 1 amide bonds. The Kier molecular flexibility index (Phi) is 3.24. The first-order valence-corrected chi connectivity index (χ1v) is 5.20. The molecule has 8 heteroatoms. The Morgan fingerprint density at radius 1 is 1.44 bits per heavy atom. The molecule has 0 aliphatic rings. The number of H-pyrrole nitrogens is 1. The van der Waals surface area contributed by atoms with Crippen LogP contribution in [-0.4, -0.2) is 21.0 Å². The van der Waals surface area contributed by atoms with Crippen molar-refractivity contribution < 1.29 is 9.72 Å². The molecule has 2 N–H and O–H groups in total. The van der Waals surface area contributed by atoms with Crippen LogP contribution in [-0.2, 0) is 0 Å². The van der Waals surface area contributed by atoms with Gasteiger partial charge < -0.3 is 5.32 Å². The number of hydrogen-bond donors (Lipinski definition) is 2. The molecule has 0 bridgehead atoms. The van der Waals surface area contributed by atoms with Gasteiger partial charge in [-0.25, -0.2) is 0 Å². The van der Waals surface area contributed by atoms with E-state index in [1.54, 1.807) is 6.07 Å². The number of nitrogens with one attached hydrogen (secondary N) is 2. The van der Waals surface area contributed by atoms with E-state index in [1.807, 2.05) is 0 Å². The molecular formula is C10H7ClN4O3. The van der Waals surface area contributed by atoms with E-state index in [2.05, 4.69) is 15.5 Å². The predicted octanol–water partition coefficient (Wildman–Crippen LogP) is 2.22. The van der Waals surface area contributed by atoms with Crippen molar-refractivity contribution in [2.75, 3.05) is 5.32 Å². The van der Waals surface area contributed by atoms with Crippen LogP contribution >= 0.6 is 11.6 Å². The third-order valence-corrected chi connectivity index (χ3v) is 2.46. The lowest BCUT2D eigenvalue weighted by Gasteiger charge is -2.03. The summed E-state index contributed by atoms with van der Waals surface area (Å²) in [5.41, 5.74) is -0.0186. The summed E-state index contributed by atoms with van der Waals surface area (Å²) in [6.45, 7) is 0. The summed E-state index contributed by atoms with van der Waals surface area (Å²) in [4.78, 5) is 21.7. The van der Waals surface area contributed by atoms with Crippen molar-refractivity contribution in [2.45, 2.75) is 0 Å². The smallest absolute Gasteiger partial charge is 0.287 e. The molecule has 0 unspecified atom stereocenters. The van der Waals surface area contributed by atoms with Crippen LogP contribution in [0.3, 0.4) is 0 Å². The molecule has 2 rings (SSSR count). The van der Waals surface area contributed by atoms with Crippen molar-refractivity contribution in [3.05, 3.63) is 51.2 Å². The molecule has 1 aromatic carbocycles. The zero-order valence-corrected chi connectivity index (χ0v) is 9.64. The standard InChI is InChI=1S/C10H7ClN4O3/c11-7-5-6(1-2-8(7)15(17)18)10(16)13-9-3-4-12-14-9/h1-5H,(H2,12,13,14,16). The second kappa shape index (κ2) is 4.84. The number of nitro benzene ring substituents is 1. The van der Waals surface area contributed by atoms with Crippen LogP contribution in [0.5, 0.6) is 0 Å². The minimum absolute atomic E-state index is 0.0859. The molecule has 0 saturated carbocycles. The highest BCUT2D eigenvalue weighted by molar-refractivity contribution is 6.33. The van der Waals surface area contributed by atoms with E-state index in [0.717, 1.165) is 0 Å². The second-order valence-electron chi connectivity index (χ2n) is 3.35. The minimum atomic E-state index is -0.612. The molecule has 1 heterocycles.